The van der Waals surface area contributed by atoms with Gasteiger partial charge in [-0.15, -0.1) is 0 Å². The first kappa shape index (κ1) is 19.5. The van der Waals surface area contributed by atoms with E-state index in [1.807, 2.05) is 0 Å². The van der Waals surface area contributed by atoms with Gasteiger partial charge in [-0.25, -0.2) is 0 Å². The van der Waals surface area contributed by atoms with Crippen molar-refractivity contribution in [2.75, 3.05) is 6.61 Å². The highest BCUT2D eigenvalue weighted by molar-refractivity contribution is 5.69. The maximum absolute atomic E-state index is 11.5. The molecule has 0 bridgehead atoms. The van der Waals surface area contributed by atoms with E-state index in [4.69, 9.17) is 4.74 Å². The monoisotopic (exact) mass is 310 g/mol. The molecule has 1 saturated carbocycles. The Morgan fingerprint density at radius 2 is 1.23 bits per heavy atom. The maximum Gasteiger partial charge on any atom is 0.305 e. The second-order valence-electron chi connectivity index (χ2n) is 7.12. The third-order valence-corrected chi connectivity index (χ3v) is 4.66. The van der Waals surface area contributed by atoms with Gasteiger partial charge in [-0.05, 0) is 25.2 Å². The van der Waals surface area contributed by atoms with Gasteiger partial charge in [-0.1, -0.05) is 84.0 Å². The third-order valence-electron chi connectivity index (χ3n) is 4.66. The number of hydrogen-bond donors (Lipinski definition) is 0. The number of esters is 1. The molecule has 0 heterocycles. The van der Waals surface area contributed by atoms with E-state index in [-0.39, 0.29) is 5.97 Å². The lowest BCUT2D eigenvalue weighted by molar-refractivity contribution is -0.144. The lowest BCUT2D eigenvalue weighted by Crippen LogP contribution is -2.06. The molecule has 0 atom stereocenters. The van der Waals surface area contributed by atoms with Gasteiger partial charge in [0, 0.05) is 6.42 Å². The molecule has 0 N–H and O–H groups in total. The molecule has 2 heteroatoms. The van der Waals surface area contributed by atoms with Crippen LogP contribution in [0.4, 0.5) is 0 Å². The number of carbonyl (C=O) groups excluding carboxylic acids is 1. The van der Waals surface area contributed by atoms with Crippen LogP contribution in [0.3, 0.4) is 0 Å². The van der Waals surface area contributed by atoms with Gasteiger partial charge in [0.2, 0.25) is 0 Å². The van der Waals surface area contributed by atoms with Crippen LogP contribution >= 0.6 is 0 Å². The summed E-state index contributed by atoms with van der Waals surface area (Å²) in [5.74, 6) is 0.713. The van der Waals surface area contributed by atoms with Gasteiger partial charge in [0.05, 0.1) is 6.61 Å². The maximum atomic E-state index is 11.5. The van der Waals surface area contributed by atoms with Gasteiger partial charge < -0.3 is 4.74 Å². The zero-order chi connectivity index (χ0) is 15.9. The minimum atomic E-state index is 0.0231. The van der Waals surface area contributed by atoms with E-state index in [0.29, 0.717) is 18.9 Å². The Morgan fingerprint density at radius 1 is 0.773 bits per heavy atom. The Bertz CT molecular complexity index is 258. The average Bonchev–Trinajstić information content (AvgIpc) is 3.34. The molecule has 0 unspecified atom stereocenters. The normalized spacial score (nSPS) is 14.2. The van der Waals surface area contributed by atoms with Crippen molar-refractivity contribution in [1.82, 2.24) is 0 Å². The molecule has 1 aliphatic rings. The smallest absolute Gasteiger partial charge is 0.305 e. The van der Waals surface area contributed by atoms with Crippen LogP contribution in [0.2, 0.25) is 0 Å². The summed E-state index contributed by atoms with van der Waals surface area (Å²) in [7, 11) is 0. The molecule has 130 valence electrons. The standard InChI is InChI=1S/C20H38O2/c1-2-3-4-5-6-7-8-9-10-11-12-13-14-15-20(21)22-18-19-16-17-19/h19H,2-18H2,1H3. The SMILES string of the molecule is CCCCCCCCCCCCCCCC(=O)OCC1CC1. The van der Waals surface area contributed by atoms with Crippen molar-refractivity contribution in [3.05, 3.63) is 0 Å². The van der Waals surface area contributed by atoms with Gasteiger partial charge in [0.1, 0.15) is 0 Å². The van der Waals surface area contributed by atoms with Crippen LogP contribution in [0.25, 0.3) is 0 Å². The van der Waals surface area contributed by atoms with Crippen LogP contribution in [0.5, 0.6) is 0 Å². The molecule has 2 nitrogen and oxygen atoms in total. The zero-order valence-electron chi connectivity index (χ0n) is 14.9. The molecule has 0 aromatic heterocycles. The molecule has 0 aromatic rings. The lowest BCUT2D eigenvalue weighted by Gasteiger charge is -2.04. The Kier molecular flexibility index (Phi) is 12.5. The van der Waals surface area contributed by atoms with E-state index >= 15 is 0 Å². The number of ether oxygens (including phenoxy) is 1. The van der Waals surface area contributed by atoms with Crippen LogP contribution in [0.15, 0.2) is 0 Å². The first-order chi connectivity index (χ1) is 10.8. The van der Waals surface area contributed by atoms with E-state index in [1.54, 1.807) is 0 Å². The predicted octanol–water partition coefficient (Wildman–Crippen LogP) is 6.42. The average molecular weight is 311 g/mol. The van der Waals surface area contributed by atoms with Crippen molar-refractivity contribution in [3.8, 4) is 0 Å². The summed E-state index contributed by atoms with van der Waals surface area (Å²) >= 11 is 0. The fraction of sp³-hybridized carbons (Fsp3) is 0.950. The van der Waals surface area contributed by atoms with Gasteiger partial charge >= 0.3 is 5.97 Å². The first-order valence-electron chi connectivity index (χ1n) is 9.98. The molecular weight excluding hydrogens is 272 g/mol. The molecule has 0 aromatic carbocycles. The summed E-state index contributed by atoms with van der Waals surface area (Å²) in [6, 6.07) is 0. The molecule has 1 rings (SSSR count). The highest BCUT2D eigenvalue weighted by Gasteiger charge is 2.22. The fourth-order valence-electron chi connectivity index (χ4n) is 2.85. The number of carbonyl (C=O) groups is 1. The highest BCUT2D eigenvalue weighted by Crippen LogP contribution is 2.28. The quantitative estimate of drug-likeness (QED) is 0.243. The van der Waals surface area contributed by atoms with E-state index in [2.05, 4.69) is 6.92 Å². The predicted molar refractivity (Wildman–Crippen MR) is 94.0 cm³/mol. The molecular formula is C20H38O2. The van der Waals surface area contributed by atoms with Gasteiger partial charge in [0.25, 0.3) is 0 Å². The van der Waals surface area contributed by atoms with E-state index in [9.17, 15) is 4.79 Å². The summed E-state index contributed by atoms with van der Waals surface area (Å²) < 4.78 is 5.23. The fourth-order valence-corrected chi connectivity index (χ4v) is 2.85. The van der Waals surface area contributed by atoms with E-state index in [0.717, 1.165) is 6.42 Å². The Morgan fingerprint density at radius 3 is 1.68 bits per heavy atom. The largest absolute Gasteiger partial charge is 0.465 e. The summed E-state index contributed by atoms with van der Waals surface area (Å²) in [6.07, 6.45) is 20.6. The van der Waals surface area contributed by atoms with Crippen molar-refractivity contribution in [2.45, 2.75) is 110 Å². The number of rotatable bonds is 16. The Labute approximate surface area is 138 Å². The first-order valence-corrected chi connectivity index (χ1v) is 9.98. The van der Waals surface area contributed by atoms with Crippen molar-refractivity contribution in [3.63, 3.8) is 0 Å². The minimum absolute atomic E-state index is 0.0231. The van der Waals surface area contributed by atoms with Crippen molar-refractivity contribution in [2.24, 2.45) is 5.92 Å². The van der Waals surface area contributed by atoms with E-state index < -0.39 is 0 Å². The molecule has 0 radical (unpaired) electrons. The highest BCUT2D eigenvalue weighted by atomic mass is 16.5. The molecule has 0 spiro atoms. The molecule has 0 saturated heterocycles. The van der Waals surface area contributed by atoms with Crippen LogP contribution in [0, 0.1) is 5.92 Å². The van der Waals surface area contributed by atoms with Crippen molar-refractivity contribution < 1.29 is 9.53 Å². The van der Waals surface area contributed by atoms with Gasteiger partial charge in [-0.2, -0.15) is 0 Å². The Balaban J connectivity index is 1.68. The third kappa shape index (κ3) is 13.2. The summed E-state index contributed by atoms with van der Waals surface area (Å²) in [5.41, 5.74) is 0. The van der Waals surface area contributed by atoms with Gasteiger partial charge in [-0.3, -0.25) is 4.79 Å². The van der Waals surface area contributed by atoms with Crippen LogP contribution < -0.4 is 0 Å². The minimum Gasteiger partial charge on any atom is -0.465 e. The lowest BCUT2D eigenvalue weighted by atomic mass is 10.0. The molecule has 22 heavy (non-hydrogen) atoms. The zero-order valence-corrected chi connectivity index (χ0v) is 14.9. The van der Waals surface area contributed by atoms with E-state index in [1.165, 1.54) is 89.9 Å². The van der Waals surface area contributed by atoms with Crippen molar-refractivity contribution in [1.29, 1.82) is 0 Å². The topological polar surface area (TPSA) is 26.3 Å². The molecule has 0 amide bonds. The van der Waals surface area contributed by atoms with Crippen LogP contribution in [-0.4, -0.2) is 12.6 Å². The Hall–Kier alpha value is -0.530. The summed E-state index contributed by atoms with van der Waals surface area (Å²) in [4.78, 5) is 11.5. The summed E-state index contributed by atoms with van der Waals surface area (Å²) in [6.45, 7) is 2.95. The second kappa shape index (κ2) is 14.1. The number of unbranched alkanes of at least 4 members (excludes halogenated alkanes) is 12. The molecule has 1 aliphatic carbocycles. The second-order valence-corrected chi connectivity index (χ2v) is 7.12. The number of hydrogen-bond acceptors (Lipinski definition) is 2. The van der Waals surface area contributed by atoms with Gasteiger partial charge in [0.15, 0.2) is 0 Å². The van der Waals surface area contributed by atoms with Crippen molar-refractivity contribution >= 4 is 5.97 Å². The van der Waals surface area contributed by atoms with Crippen LogP contribution in [0.1, 0.15) is 110 Å². The molecule has 0 aliphatic heterocycles. The van der Waals surface area contributed by atoms with Crippen LogP contribution in [-0.2, 0) is 9.53 Å². The summed E-state index contributed by atoms with van der Waals surface area (Å²) in [5, 5.41) is 0. The molecule has 1 fully saturated rings.